The van der Waals surface area contributed by atoms with Gasteiger partial charge in [0.05, 0.1) is 0 Å². The third-order valence-corrected chi connectivity index (χ3v) is 4.43. The maximum Gasteiger partial charge on any atom is 0.123 e. The molecule has 1 fully saturated rings. The molecule has 0 spiro atoms. The van der Waals surface area contributed by atoms with Crippen LogP contribution in [0, 0.1) is 11.7 Å². The Labute approximate surface area is 116 Å². The van der Waals surface area contributed by atoms with Crippen LogP contribution in [0.2, 0.25) is 0 Å². The molecule has 2 heteroatoms. The molecule has 1 aromatic rings. The highest BCUT2D eigenvalue weighted by Gasteiger charge is 2.16. The molecular formula is C17H26FN. The van der Waals surface area contributed by atoms with Crippen LogP contribution < -0.4 is 5.32 Å². The molecule has 0 radical (unpaired) electrons. The third-order valence-electron chi connectivity index (χ3n) is 4.43. The second-order valence-corrected chi connectivity index (χ2v) is 5.81. The summed E-state index contributed by atoms with van der Waals surface area (Å²) in [5, 5.41) is 3.68. The van der Waals surface area contributed by atoms with Crippen LogP contribution in [0.3, 0.4) is 0 Å². The fourth-order valence-corrected chi connectivity index (χ4v) is 3.06. The van der Waals surface area contributed by atoms with Gasteiger partial charge in [0.2, 0.25) is 0 Å². The van der Waals surface area contributed by atoms with E-state index in [9.17, 15) is 4.39 Å². The van der Waals surface area contributed by atoms with Crippen LogP contribution in [0.25, 0.3) is 0 Å². The van der Waals surface area contributed by atoms with Crippen molar-refractivity contribution in [2.45, 2.75) is 57.9 Å². The van der Waals surface area contributed by atoms with E-state index in [1.165, 1.54) is 44.1 Å². The van der Waals surface area contributed by atoms with Gasteiger partial charge in [0.1, 0.15) is 5.82 Å². The van der Waals surface area contributed by atoms with Gasteiger partial charge in [-0.05, 0) is 55.8 Å². The van der Waals surface area contributed by atoms with Crippen molar-refractivity contribution in [2.75, 3.05) is 6.54 Å². The fourth-order valence-electron chi connectivity index (χ4n) is 3.06. The number of hydrogen-bond donors (Lipinski definition) is 1. The Hall–Kier alpha value is -0.890. The molecular weight excluding hydrogens is 237 g/mol. The molecule has 19 heavy (non-hydrogen) atoms. The van der Waals surface area contributed by atoms with Crippen molar-refractivity contribution in [1.82, 2.24) is 5.32 Å². The second kappa shape index (κ2) is 7.64. The van der Waals surface area contributed by atoms with E-state index in [0.717, 1.165) is 18.9 Å². The first-order valence-electron chi connectivity index (χ1n) is 7.75. The Kier molecular flexibility index (Phi) is 5.84. The second-order valence-electron chi connectivity index (χ2n) is 5.81. The van der Waals surface area contributed by atoms with Crippen molar-refractivity contribution in [3.63, 3.8) is 0 Å². The van der Waals surface area contributed by atoms with Gasteiger partial charge < -0.3 is 5.32 Å². The highest BCUT2D eigenvalue weighted by Crippen LogP contribution is 2.25. The molecule has 0 aliphatic heterocycles. The van der Waals surface area contributed by atoms with Gasteiger partial charge >= 0.3 is 0 Å². The van der Waals surface area contributed by atoms with Gasteiger partial charge in [-0.1, -0.05) is 38.3 Å². The molecule has 2 atom stereocenters. The summed E-state index contributed by atoms with van der Waals surface area (Å²) >= 11 is 0. The summed E-state index contributed by atoms with van der Waals surface area (Å²) < 4.78 is 12.8. The Morgan fingerprint density at radius 2 is 1.89 bits per heavy atom. The topological polar surface area (TPSA) is 12.0 Å². The number of benzene rings is 1. The molecule has 1 nitrogen and oxygen atoms in total. The number of rotatable bonds is 5. The smallest absolute Gasteiger partial charge is 0.123 e. The van der Waals surface area contributed by atoms with Crippen LogP contribution in [-0.4, -0.2) is 12.6 Å². The SMILES string of the molecule is CCC1CCCC(NCCc2ccc(F)cc2)CC1. The van der Waals surface area contributed by atoms with Crippen molar-refractivity contribution in [1.29, 1.82) is 0 Å². The maximum atomic E-state index is 12.8. The predicted octanol–water partition coefficient (Wildman–Crippen LogP) is 4.32. The molecule has 1 aliphatic rings. The number of nitrogens with one attached hydrogen (secondary N) is 1. The Bertz CT molecular complexity index is 360. The van der Waals surface area contributed by atoms with Gasteiger partial charge in [-0.15, -0.1) is 0 Å². The van der Waals surface area contributed by atoms with Crippen molar-refractivity contribution in [3.05, 3.63) is 35.6 Å². The first-order chi connectivity index (χ1) is 9.28. The van der Waals surface area contributed by atoms with Gasteiger partial charge in [0.15, 0.2) is 0 Å². The molecule has 1 aromatic carbocycles. The van der Waals surface area contributed by atoms with E-state index in [1.54, 1.807) is 12.1 Å². The molecule has 0 amide bonds. The van der Waals surface area contributed by atoms with Crippen LogP contribution in [0.1, 0.15) is 51.0 Å². The monoisotopic (exact) mass is 263 g/mol. The van der Waals surface area contributed by atoms with E-state index in [-0.39, 0.29) is 5.82 Å². The van der Waals surface area contributed by atoms with Gasteiger partial charge in [-0.3, -0.25) is 0 Å². The van der Waals surface area contributed by atoms with Crippen molar-refractivity contribution in [3.8, 4) is 0 Å². The molecule has 2 unspecified atom stereocenters. The van der Waals surface area contributed by atoms with Crippen LogP contribution in [0.4, 0.5) is 4.39 Å². The largest absolute Gasteiger partial charge is 0.314 e. The fraction of sp³-hybridized carbons (Fsp3) is 0.647. The number of hydrogen-bond acceptors (Lipinski definition) is 1. The van der Waals surface area contributed by atoms with Gasteiger partial charge in [0, 0.05) is 6.04 Å². The quantitative estimate of drug-likeness (QED) is 0.780. The van der Waals surface area contributed by atoms with Crippen molar-refractivity contribution >= 4 is 0 Å². The van der Waals surface area contributed by atoms with Crippen LogP contribution in [0.15, 0.2) is 24.3 Å². The summed E-state index contributed by atoms with van der Waals surface area (Å²) in [6, 6.07) is 7.56. The van der Waals surface area contributed by atoms with Crippen molar-refractivity contribution < 1.29 is 4.39 Å². The Morgan fingerprint density at radius 3 is 2.63 bits per heavy atom. The van der Waals surface area contributed by atoms with E-state index >= 15 is 0 Å². The molecule has 106 valence electrons. The summed E-state index contributed by atoms with van der Waals surface area (Å²) in [6.45, 7) is 3.32. The molecule has 0 saturated heterocycles. The lowest BCUT2D eigenvalue weighted by atomic mass is 9.98. The van der Waals surface area contributed by atoms with E-state index in [0.29, 0.717) is 6.04 Å². The van der Waals surface area contributed by atoms with E-state index in [4.69, 9.17) is 0 Å². The minimum Gasteiger partial charge on any atom is -0.314 e. The Morgan fingerprint density at radius 1 is 1.11 bits per heavy atom. The van der Waals surface area contributed by atoms with Gasteiger partial charge in [-0.2, -0.15) is 0 Å². The van der Waals surface area contributed by atoms with Crippen LogP contribution in [-0.2, 0) is 6.42 Å². The average Bonchev–Trinajstić information content (AvgIpc) is 2.66. The molecule has 1 saturated carbocycles. The first kappa shape index (κ1) is 14.5. The van der Waals surface area contributed by atoms with E-state index < -0.39 is 0 Å². The zero-order chi connectivity index (χ0) is 13.5. The van der Waals surface area contributed by atoms with E-state index in [1.807, 2.05) is 12.1 Å². The summed E-state index contributed by atoms with van der Waals surface area (Å²) in [7, 11) is 0. The number of halogens is 1. The molecule has 0 heterocycles. The lowest BCUT2D eigenvalue weighted by Crippen LogP contribution is -2.30. The molecule has 1 N–H and O–H groups in total. The average molecular weight is 263 g/mol. The summed E-state index contributed by atoms with van der Waals surface area (Å²) in [5.41, 5.74) is 1.22. The lowest BCUT2D eigenvalue weighted by molar-refractivity contribution is 0.427. The Balaban J connectivity index is 1.69. The standard InChI is InChI=1S/C17H26FN/c1-2-14-4-3-5-17(11-8-14)19-13-12-15-6-9-16(18)10-7-15/h6-7,9-10,14,17,19H,2-5,8,11-13H2,1H3. The van der Waals surface area contributed by atoms with E-state index in [2.05, 4.69) is 12.2 Å². The lowest BCUT2D eigenvalue weighted by Gasteiger charge is -2.16. The van der Waals surface area contributed by atoms with Crippen LogP contribution in [0.5, 0.6) is 0 Å². The maximum absolute atomic E-state index is 12.8. The van der Waals surface area contributed by atoms with Gasteiger partial charge in [0.25, 0.3) is 0 Å². The zero-order valence-electron chi connectivity index (χ0n) is 12.0. The predicted molar refractivity (Wildman–Crippen MR) is 78.8 cm³/mol. The highest BCUT2D eigenvalue weighted by atomic mass is 19.1. The minimum atomic E-state index is -0.147. The molecule has 2 rings (SSSR count). The third kappa shape index (κ3) is 4.94. The summed E-state index contributed by atoms with van der Waals surface area (Å²) in [4.78, 5) is 0. The normalized spacial score (nSPS) is 24.1. The molecule has 1 aliphatic carbocycles. The van der Waals surface area contributed by atoms with Crippen molar-refractivity contribution in [2.24, 2.45) is 5.92 Å². The summed E-state index contributed by atoms with van der Waals surface area (Å²) in [6.07, 6.45) is 9.13. The zero-order valence-corrected chi connectivity index (χ0v) is 12.0. The minimum absolute atomic E-state index is 0.147. The van der Waals surface area contributed by atoms with Gasteiger partial charge in [-0.25, -0.2) is 4.39 Å². The molecule has 0 bridgehead atoms. The summed E-state index contributed by atoms with van der Waals surface area (Å²) in [5.74, 6) is 0.801. The van der Waals surface area contributed by atoms with Crippen LogP contribution >= 0.6 is 0 Å². The highest BCUT2D eigenvalue weighted by molar-refractivity contribution is 5.16. The first-order valence-corrected chi connectivity index (χ1v) is 7.75. The molecule has 0 aromatic heterocycles.